The number of H-pyrrole nitrogens is 1. The number of carbonyl (C=O) groups is 1. The molecule has 2 heteroatoms. The number of aromatic nitrogens is 1. The minimum atomic E-state index is 0. The van der Waals surface area contributed by atoms with E-state index in [4.69, 9.17) is 0 Å². The summed E-state index contributed by atoms with van der Waals surface area (Å²) in [5.74, 6) is 0.253. The third-order valence-electron chi connectivity index (χ3n) is 1.39. The number of nitrogens with one attached hydrogen (secondary N) is 1. The average Bonchev–Trinajstić information content (AvgIpc) is 2.36. The minimum absolute atomic E-state index is 0. The van der Waals surface area contributed by atoms with E-state index in [0.29, 0.717) is 5.69 Å². The zero-order valence-corrected chi connectivity index (χ0v) is 6.22. The summed E-state index contributed by atoms with van der Waals surface area (Å²) in [7, 11) is 0. The molecule has 0 radical (unpaired) electrons. The maximum Gasteiger partial charge on any atom is 0.181 e. The first-order valence-electron chi connectivity index (χ1n) is 3.39. The Kier molecular flexibility index (Phi) is 1.90. The highest BCUT2D eigenvalue weighted by Crippen LogP contribution is 2.04. The number of rotatable bonds is 2. The fraction of sp³-hybridized carbons (Fsp3) is 0.375. The van der Waals surface area contributed by atoms with Gasteiger partial charge in [-0.1, -0.05) is 13.8 Å². The van der Waals surface area contributed by atoms with Gasteiger partial charge in [0.2, 0.25) is 0 Å². The Balaban J connectivity index is 0.000001000. The van der Waals surface area contributed by atoms with Crippen molar-refractivity contribution in [3.63, 3.8) is 0 Å². The van der Waals surface area contributed by atoms with Crippen LogP contribution in [0.5, 0.6) is 0 Å². The Morgan fingerprint density at radius 1 is 1.70 bits per heavy atom. The Bertz CT molecular complexity index is 216. The first kappa shape index (κ1) is 7.06. The van der Waals surface area contributed by atoms with E-state index in [1.165, 1.54) is 0 Å². The Labute approximate surface area is 61.7 Å². The van der Waals surface area contributed by atoms with Gasteiger partial charge in [0.1, 0.15) is 0 Å². The number of hydrogen-bond acceptors (Lipinski definition) is 1. The van der Waals surface area contributed by atoms with Crippen LogP contribution >= 0.6 is 0 Å². The largest absolute Gasteiger partial charge is 0.359 e. The Morgan fingerprint density at radius 3 is 2.80 bits per heavy atom. The number of aromatic amines is 1. The molecule has 0 fully saturated rings. The molecule has 1 aromatic rings. The summed E-state index contributed by atoms with van der Waals surface area (Å²) in [6, 6.07) is 3.62. The highest BCUT2D eigenvalue weighted by Gasteiger charge is 2.09. The van der Waals surface area contributed by atoms with E-state index >= 15 is 0 Å². The lowest BCUT2D eigenvalue weighted by Gasteiger charge is -1.98. The second-order valence-corrected chi connectivity index (χ2v) is 2.60. The van der Waals surface area contributed by atoms with E-state index < -0.39 is 0 Å². The zero-order chi connectivity index (χ0) is 7.56. The van der Waals surface area contributed by atoms with Crippen molar-refractivity contribution in [1.29, 1.82) is 0 Å². The van der Waals surface area contributed by atoms with Crippen LogP contribution < -0.4 is 0 Å². The molecule has 1 aromatic heterocycles. The normalized spacial score (nSPS) is 10.3. The van der Waals surface area contributed by atoms with Crippen molar-refractivity contribution in [3.8, 4) is 0 Å². The predicted molar refractivity (Wildman–Crippen MR) is 42.1 cm³/mol. The predicted octanol–water partition coefficient (Wildman–Crippen LogP) is 2.10. The molecule has 0 aliphatic heterocycles. The monoisotopic (exact) mass is 139 g/mol. The van der Waals surface area contributed by atoms with Gasteiger partial charge in [0.15, 0.2) is 5.78 Å². The second-order valence-electron chi connectivity index (χ2n) is 2.60. The van der Waals surface area contributed by atoms with Crippen LogP contribution in [-0.4, -0.2) is 10.8 Å². The molecule has 0 bridgehead atoms. The van der Waals surface area contributed by atoms with Gasteiger partial charge >= 0.3 is 0 Å². The zero-order valence-electron chi connectivity index (χ0n) is 6.22. The molecule has 2 nitrogen and oxygen atoms in total. The van der Waals surface area contributed by atoms with E-state index in [9.17, 15) is 4.79 Å². The molecule has 56 valence electrons. The van der Waals surface area contributed by atoms with Crippen LogP contribution in [0.2, 0.25) is 0 Å². The molecule has 1 heterocycles. The quantitative estimate of drug-likeness (QED) is 0.625. The van der Waals surface area contributed by atoms with Crippen LogP contribution in [0.4, 0.5) is 0 Å². The Morgan fingerprint density at radius 2 is 2.40 bits per heavy atom. The van der Waals surface area contributed by atoms with E-state index in [1.807, 2.05) is 19.9 Å². The summed E-state index contributed by atoms with van der Waals surface area (Å²) in [6.45, 7) is 3.78. The van der Waals surface area contributed by atoms with E-state index in [1.54, 1.807) is 12.3 Å². The maximum atomic E-state index is 11.2. The molecule has 0 aliphatic carbocycles. The third kappa shape index (κ3) is 1.26. The van der Waals surface area contributed by atoms with Crippen LogP contribution in [0.15, 0.2) is 18.3 Å². The second kappa shape index (κ2) is 2.69. The van der Waals surface area contributed by atoms with Gasteiger partial charge < -0.3 is 4.98 Å². The van der Waals surface area contributed by atoms with Gasteiger partial charge in [0.25, 0.3) is 0 Å². The molecule has 0 spiro atoms. The lowest BCUT2D eigenvalue weighted by Crippen LogP contribution is -2.07. The molecule has 0 aromatic carbocycles. The van der Waals surface area contributed by atoms with Crippen LogP contribution in [-0.2, 0) is 0 Å². The van der Waals surface area contributed by atoms with Crippen LogP contribution in [0.25, 0.3) is 0 Å². The van der Waals surface area contributed by atoms with Gasteiger partial charge in [-0.2, -0.15) is 0 Å². The number of Topliss-reactive ketones (excluding diaryl/α,β-unsaturated/α-hetero) is 1. The summed E-state index contributed by atoms with van der Waals surface area (Å²) in [4.78, 5) is 14.0. The lowest BCUT2D eigenvalue weighted by molar-refractivity contribution is 0.0935. The van der Waals surface area contributed by atoms with Crippen LogP contribution in [0.3, 0.4) is 0 Å². The van der Waals surface area contributed by atoms with Gasteiger partial charge in [-0.05, 0) is 12.1 Å². The van der Waals surface area contributed by atoms with Gasteiger partial charge in [0.05, 0.1) is 5.69 Å². The summed E-state index contributed by atoms with van der Waals surface area (Å²) in [5, 5.41) is 0. The molecule has 1 N–H and O–H groups in total. The molecule has 0 atom stereocenters. The average molecular weight is 139 g/mol. The topological polar surface area (TPSA) is 32.9 Å². The van der Waals surface area contributed by atoms with Gasteiger partial charge in [-0.3, -0.25) is 4.79 Å². The molecule has 10 heavy (non-hydrogen) atoms. The highest BCUT2D eigenvalue weighted by molar-refractivity contribution is 5.95. The fourth-order valence-electron chi connectivity index (χ4n) is 0.795. The van der Waals surface area contributed by atoms with Crippen molar-refractivity contribution >= 4 is 5.78 Å². The van der Waals surface area contributed by atoms with Crippen molar-refractivity contribution in [2.24, 2.45) is 5.92 Å². The molecule has 0 saturated carbocycles. The molecule has 0 saturated heterocycles. The smallest absolute Gasteiger partial charge is 0.181 e. The van der Waals surface area contributed by atoms with Gasteiger partial charge in [-0.25, -0.2) is 0 Å². The minimum Gasteiger partial charge on any atom is -0.359 e. The molecular formula is C8H13NO. The summed E-state index contributed by atoms with van der Waals surface area (Å²) >= 11 is 0. The molecular weight excluding hydrogens is 126 g/mol. The van der Waals surface area contributed by atoms with Gasteiger partial charge in [-0.15, -0.1) is 0 Å². The first-order valence-corrected chi connectivity index (χ1v) is 3.39. The van der Waals surface area contributed by atoms with Crippen molar-refractivity contribution in [3.05, 3.63) is 24.0 Å². The van der Waals surface area contributed by atoms with E-state index in [0.717, 1.165) is 0 Å². The molecule has 0 amide bonds. The summed E-state index contributed by atoms with van der Waals surface area (Å²) < 4.78 is 0. The number of ketones is 1. The highest BCUT2D eigenvalue weighted by atomic mass is 16.1. The fourth-order valence-corrected chi connectivity index (χ4v) is 0.795. The summed E-state index contributed by atoms with van der Waals surface area (Å²) in [5.41, 5.74) is 0.704. The van der Waals surface area contributed by atoms with E-state index in [-0.39, 0.29) is 13.1 Å². The van der Waals surface area contributed by atoms with Crippen molar-refractivity contribution < 1.29 is 6.22 Å². The first-order chi connectivity index (χ1) is 4.72. The Hall–Kier alpha value is -1.05. The van der Waals surface area contributed by atoms with Crippen molar-refractivity contribution in [2.75, 3.05) is 0 Å². The maximum absolute atomic E-state index is 11.2. The summed E-state index contributed by atoms with van der Waals surface area (Å²) in [6.07, 6.45) is 1.76. The number of carbonyl (C=O) groups excluding carboxylic acids is 1. The molecule has 1 rings (SSSR count). The van der Waals surface area contributed by atoms with Crippen LogP contribution in [0.1, 0.15) is 25.8 Å². The van der Waals surface area contributed by atoms with Crippen molar-refractivity contribution in [1.82, 2.24) is 4.98 Å². The van der Waals surface area contributed by atoms with E-state index in [2.05, 4.69) is 4.98 Å². The van der Waals surface area contributed by atoms with Crippen LogP contribution in [0, 0.1) is 5.92 Å². The molecule has 0 aliphatic rings. The standard InChI is InChI=1S/C8H11NO.H2/c1-6(2)8(10)7-4-3-5-9-7;/h3-6,9H,1-2H3;1H. The SMILES string of the molecule is CC(C)C(=O)c1ccc[nH]1.[HH]. The number of hydrogen-bond donors (Lipinski definition) is 1. The molecule has 0 unspecified atom stereocenters. The third-order valence-corrected chi connectivity index (χ3v) is 1.39. The van der Waals surface area contributed by atoms with Crippen molar-refractivity contribution in [2.45, 2.75) is 13.8 Å². The van der Waals surface area contributed by atoms with Gasteiger partial charge in [0, 0.05) is 13.5 Å². The lowest BCUT2D eigenvalue weighted by atomic mass is 10.1.